The molecule has 0 aliphatic carbocycles. The van der Waals surface area contributed by atoms with Gasteiger partial charge >= 0.3 is 6.09 Å². The minimum Gasteiger partial charge on any atom is -0.444 e. The summed E-state index contributed by atoms with van der Waals surface area (Å²) >= 11 is 0. The normalized spacial score (nSPS) is 18.0. The molecule has 1 heterocycles. The number of anilines is 1. The second-order valence-corrected chi connectivity index (χ2v) is 7.13. The van der Waals surface area contributed by atoms with Crippen molar-refractivity contribution in [3.05, 3.63) is 29.8 Å². The molecular weight excluding hydrogens is 338 g/mol. The van der Waals surface area contributed by atoms with Crippen LogP contribution in [0.15, 0.2) is 24.3 Å². The van der Waals surface area contributed by atoms with Crippen molar-refractivity contribution < 1.29 is 24.2 Å². The molecule has 1 aromatic rings. The minimum atomic E-state index is -1.21. The second kappa shape index (κ2) is 8.18. The summed E-state index contributed by atoms with van der Waals surface area (Å²) in [6.45, 7) is 4.45. The molecule has 0 radical (unpaired) electrons. The number of hydrogen-bond acceptors (Lipinski definition) is 5. The van der Waals surface area contributed by atoms with Gasteiger partial charge in [0.25, 0.3) is 0 Å². The Kier molecular flexibility index (Phi) is 6.20. The number of alkyl carbamates (subject to hydrolysis) is 1. The van der Waals surface area contributed by atoms with Gasteiger partial charge in [-0.2, -0.15) is 0 Å². The van der Waals surface area contributed by atoms with Crippen LogP contribution in [0.3, 0.4) is 0 Å². The third-order valence-electron chi connectivity index (χ3n) is 3.80. The number of carbonyl (C=O) groups is 3. The molecule has 0 fully saturated rings. The van der Waals surface area contributed by atoms with Gasteiger partial charge in [0, 0.05) is 5.69 Å². The van der Waals surface area contributed by atoms with Gasteiger partial charge in [-0.25, -0.2) is 4.79 Å². The Morgan fingerprint density at radius 3 is 2.69 bits per heavy atom. The number of nitrogens with one attached hydrogen (secondary N) is 3. The van der Waals surface area contributed by atoms with E-state index < -0.39 is 36.3 Å². The van der Waals surface area contributed by atoms with Crippen molar-refractivity contribution in [3.63, 3.8) is 0 Å². The number of carbonyl (C=O) groups excluding carboxylic acids is 3. The first kappa shape index (κ1) is 19.7. The Morgan fingerprint density at radius 1 is 1.35 bits per heavy atom. The van der Waals surface area contributed by atoms with E-state index in [-0.39, 0.29) is 5.91 Å². The van der Waals surface area contributed by atoms with Gasteiger partial charge in [-0.3, -0.25) is 9.59 Å². The topological polar surface area (TPSA) is 117 Å². The fourth-order valence-corrected chi connectivity index (χ4v) is 2.56. The molecule has 2 rings (SSSR count). The molecule has 8 heteroatoms. The fraction of sp³-hybridized carbons (Fsp3) is 0.500. The summed E-state index contributed by atoms with van der Waals surface area (Å²) in [5.74, 6) is -0.985. The third kappa shape index (κ3) is 5.45. The first-order valence-corrected chi connectivity index (χ1v) is 8.49. The second-order valence-electron chi connectivity index (χ2n) is 7.13. The highest BCUT2D eigenvalue weighted by atomic mass is 16.6. The molecule has 4 N–H and O–H groups in total. The van der Waals surface area contributed by atoms with Crippen molar-refractivity contribution in [2.45, 2.75) is 51.3 Å². The van der Waals surface area contributed by atoms with E-state index >= 15 is 0 Å². The monoisotopic (exact) mass is 363 g/mol. The van der Waals surface area contributed by atoms with Gasteiger partial charge in [-0.1, -0.05) is 18.2 Å². The van der Waals surface area contributed by atoms with E-state index in [1.807, 2.05) is 18.2 Å². The summed E-state index contributed by atoms with van der Waals surface area (Å²) < 4.78 is 5.07. The first-order chi connectivity index (χ1) is 12.2. The van der Waals surface area contributed by atoms with E-state index in [4.69, 9.17) is 4.74 Å². The Morgan fingerprint density at radius 2 is 2.04 bits per heavy atom. The molecule has 3 amide bonds. The summed E-state index contributed by atoms with van der Waals surface area (Å²) in [5, 5.41) is 17.1. The van der Waals surface area contributed by atoms with Crippen LogP contribution in [0.2, 0.25) is 0 Å². The number of hydrogen-bond donors (Lipinski definition) is 4. The molecule has 26 heavy (non-hydrogen) atoms. The molecule has 1 aromatic carbocycles. The van der Waals surface area contributed by atoms with Crippen LogP contribution in [-0.4, -0.2) is 47.3 Å². The Balaban J connectivity index is 1.97. The summed E-state index contributed by atoms with van der Waals surface area (Å²) in [7, 11) is 0. The van der Waals surface area contributed by atoms with Crippen LogP contribution in [0, 0.1) is 0 Å². The summed E-state index contributed by atoms with van der Waals surface area (Å²) in [5.41, 5.74) is 0.982. The standard InChI is InChI=1S/C18H25N3O5/c1-18(2,3)26-17(25)21-14(10-22)16(24)20-13-9-8-11-6-4-5-7-12(11)19-15(13)23/h4-7,13-14,22H,8-10H2,1-3H3,(H,19,23)(H,20,24)(H,21,25)/t13-,14-/m0/s1. The van der Waals surface area contributed by atoms with Crippen LogP contribution in [0.25, 0.3) is 0 Å². The van der Waals surface area contributed by atoms with Crippen molar-refractivity contribution in [2.24, 2.45) is 0 Å². The summed E-state index contributed by atoms with van der Waals surface area (Å²) in [6.07, 6.45) is 0.215. The van der Waals surface area contributed by atoms with Crippen LogP contribution in [0.5, 0.6) is 0 Å². The molecule has 0 bridgehead atoms. The van der Waals surface area contributed by atoms with Gasteiger partial charge in [-0.15, -0.1) is 0 Å². The Labute approximate surface area is 152 Å². The molecule has 0 unspecified atom stereocenters. The number of fused-ring (bicyclic) bond motifs is 1. The molecule has 8 nitrogen and oxygen atoms in total. The van der Waals surface area contributed by atoms with Gasteiger partial charge in [0.1, 0.15) is 17.7 Å². The van der Waals surface area contributed by atoms with E-state index in [9.17, 15) is 19.5 Å². The van der Waals surface area contributed by atoms with Crippen molar-refractivity contribution in [3.8, 4) is 0 Å². The van der Waals surface area contributed by atoms with E-state index in [2.05, 4.69) is 16.0 Å². The summed E-state index contributed by atoms with van der Waals surface area (Å²) in [4.78, 5) is 36.5. The maximum Gasteiger partial charge on any atom is 0.408 e. The number of aliphatic hydroxyl groups is 1. The highest BCUT2D eigenvalue weighted by molar-refractivity contribution is 5.99. The predicted molar refractivity (Wildman–Crippen MR) is 95.6 cm³/mol. The highest BCUT2D eigenvalue weighted by Gasteiger charge is 2.29. The average Bonchev–Trinajstić information content (AvgIpc) is 2.70. The van der Waals surface area contributed by atoms with E-state index in [1.54, 1.807) is 26.8 Å². The number of rotatable bonds is 4. The van der Waals surface area contributed by atoms with E-state index in [1.165, 1.54) is 0 Å². The van der Waals surface area contributed by atoms with Gasteiger partial charge in [-0.05, 0) is 45.2 Å². The number of aliphatic hydroxyl groups excluding tert-OH is 1. The number of amides is 3. The Hall–Kier alpha value is -2.61. The van der Waals surface area contributed by atoms with Crippen LogP contribution < -0.4 is 16.0 Å². The number of para-hydroxylation sites is 1. The zero-order chi connectivity index (χ0) is 19.3. The third-order valence-corrected chi connectivity index (χ3v) is 3.80. The Bertz CT molecular complexity index is 684. The van der Waals surface area contributed by atoms with E-state index in [0.717, 1.165) is 11.3 Å². The maximum atomic E-state index is 12.4. The zero-order valence-corrected chi connectivity index (χ0v) is 15.2. The molecule has 0 spiro atoms. The van der Waals surface area contributed by atoms with Crippen LogP contribution in [0.1, 0.15) is 32.8 Å². The minimum absolute atomic E-state index is 0.336. The molecule has 1 aliphatic rings. The van der Waals surface area contributed by atoms with Gasteiger partial charge < -0.3 is 25.8 Å². The first-order valence-electron chi connectivity index (χ1n) is 8.49. The van der Waals surface area contributed by atoms with Gasteiger partial charge in [0.15, 0.2) is 0 Å². The predicted octanol–water partition coefficient (Wildman–Crippen LogP) is 0.942. The lowest BCUT2D eigenvalue weighted by molar-refractivity contribution is -0.128. The van der Waals surface area contributed by atoms with Crippen LogP contribution in [-0.2, 0) is 20.7 Å². The molecule has 1 aliphatic heterocycles. The largest absolute Gasteiger partial charge is 0.444 e. The van der Waals surface area contributed by atoms with Crippen LogP contribution >= 0.6 is 0 Å². The van der Waals surface area contributed by atoms with Gasteiger partial charge in [0.2, 0.25) is 11.8 Å². The summed E-state index contributed by atoms with van der Waals surface area (Å²) in [6, 6.07) is 5.46. The lowest BCUT2D eigenvalue weighted by Crippen LogP contribution is -2.54. The number of aryl methyl sites for hydroxylation is 1. The lowest BCUT2D eigenvalue weighted by Gasteiger charge is -2.23. The molecular formula is C18H25N3O5. The molecule has 0 saturated carbocycles. The number of ether oxygens (including phenoxy) is 1. The van der Waals surface area contributed by atoms with Gasteiger partial charge in [0.05, 0.1) is 6.61 Å². The molecule has 142 valence electrons. The van der Waals surface area contributed by atoms with E-state index in [0.29, 0.717) is 12.8 Å². The smallest absolute Gasteiger partial charge is 0.408 e. The van der Waals surface area contributed by atoms with Crippen molar-refractivity contribution in [1.82, 2.24) is 10.6 Å². The van der Waals surface area contributed by atoms with Crippen molar-refractivity contribution >= 4 is 23.6 Å². The van der Waals surface area contributed by atoms with Crippen molar-refractivity contribution in [2.75, 3.05) is 11.9 Å². The fourth-order valence-electron chi connectivity index (χ4n) is 2.56. The number of benzene rings is 1. The average molecular weight is 363 g/mol. The lowest BCUT2D eigenvalue weighted by atomic mass is 10.1. The van der Waals surface area contributed by atoms with Crippen LogP contribution in [0.4, 0.5) is 10.5 Å². The quantitative estimate of drug-likeness (QED) is 0.635. The molecule has 0 aromatic heterocycles. The molecule has 0 saturated heterocycles. The SMILES string of the molecule is CC(C)(C)OC(=O)N[C@@H](CO)C(=O)N[C@H]1CCc2ccccc2NC1=O. The zero-order valence-electron chi connectivity index (χ0n) is 15.2. The molecule has 2 atom stereocenters. The van der Waals surface area contributed by atoms with Crippen molar-refractivity contribution in [1.29, 1.82) is 0 Å². The maximum absolute atomic E-state index is 12.4. The highest BCUT2D eigenvalue weighted by Crippen LogP contribution is 2.21.